The van der Waals surface area contributed by atoms with E-state index in [4.69, 9.17) is 8.83 Å². The zero-order valence-electron chi connectivity index (χ0n) is 13.5. The maximum atomic E-state index is 11.2. The molecule has 0 spiro atoms. The lowest BCUT2D eigenvalue weighted by molar-refractivity contribution is -0.384. The first-order valence-corrected chi connectivity index (χ1v) is 8.62. The number of benzene rings is 1. The van der Waals surface area contributed by atoms with Crippen molar-refractivity contribution in [3.05, 3.63) is 64.9 Å². The van der Waals surface area contributed by atoms with E-state index in [-0.39, 0.29) is 5.69 Å². The molecule has 0 unspecified atom stereocenters. The van der Waals surface area contributed by atoms with Gasteiger partial charge in [0.15, 0.2) is 16.5 Å². The molecular weight excluding hydrogens is 370 g/mol. The molecule has 0 N–H and O–H groups in total. The molecular formula is C17H9N5O4S. The number of rotatable bonds is 4. The molecule has 4 heterocycles. The second-order valence-electron chi connectivity index (χ2n) is 5.54. The Labute approximate surface area is 154 Å². The number of nitro benzene ring substituents is 1. The number of fused-ring (bicyclic) bond motifs is 1. The monoisotopic (exact) mass is 379 g/mol. The Bertz CT molecular complexity index is 1270. The molecule has 1 aromatic carbocycles. The van der Waals surface area contributed by atoms with Crippen LogP contribution in [0.25, 0.3) is 38.6 Å². The lowest BCUT2D eigenvalue weighted by Crippen LogP contribution is -1.90. The van der Waals surface area contributed by atoms with Crippen LogP contribution in [-0.4, -0.2) is 24.7 Å². The van der Waals surface area contributed by atoms with Crippen LogP contribution in [0.5, 0.6) is 0 Å². The van der Waals surface area contributed by atoms with Crippen molar-refractivity contribution in [2.45, 2.75) is 0 Å². The molecule has 0 radical (unpaired) electrons. The molecule has 0 aliphatic rings. The molecule has 27 heavy (non-hydrogen) atoms. The molecule has 0 fully saturated rings. The normalized spacial score (nSPS) is 11.3. The molecule has 10 heteroatoms. The fourth-order valence-electron chi connectivity index (χ4n) is 2.71. The molecule has 5 aromatic rings. The minimum absolute atomic E-state index is 0.0170. The van der Waals surface area contributed by atoms with Crippen LogP contribution in [0, 0.1) is 10.1 Å². The van der Waals surface area contributed by atoms with Gasteiger partial charge in [0, 0.05) is 6.07 Å². The first-order chi connectivity index (χ1) is 13.2. The van der Waals surface area contributed by atoms with E-state index in [1.54, 1.807) is 53.2 Å². The third-order valence-electron chi connectivity index (χ3n) is 3.92. The molecule has 0 amide bonds. The Balaban J connectivity index is 1.57. The number of furan rings is 2. The topological polar surface area (TPSA) is 112 Å². The summed E-state index contributed by atoms with van der Waals surface area (Å²) in [6.45, 7) is 0. The highest BCUT2D eigenvalue weighted by molar-refractivity contribution is 7.19. The number of aromatic nitrogens is 4. The largest absolute Gasteiger partial charge is 0.461 e. The molecule has 0 saturated carbocycles. The van der Waals surface area contributed by atoms with Gasteiger partial charge < -0.3 is 8.83 Å². The first kappa shape index (κ1) is 15.5. The van der Waals surface area contributed by atoms with Gasteiger partial charge >= 0.3 is 0 Å². The minimum Gasteiger partial charge on any atom is -0.461 e. The van der Waals surface area contributed by atoms with Crippen LogP contribution < -0.4 is 0 Å². The van der Waals surface area contributed by atoms with E-state index in [0.29, 0.717) is 38.6 Å². The lowest BCUT2D eigenvalue weighted by Gasteiger charge is -1.98. The van der Waals surface area contributed by atoms with Crippen molar-refractivity contribution in [2.24, 2.45) is 0 Å². The van der Waals surface area contributed by atoms with Crippen molar-refractivity contribution in [1.82, 2.24) is 19.8 Å². The van der Waals surface area contributed by atoms with Gasteiger partial charge in [0.2, 0.25) is 10.8 Å². The molecule has 0 aliphatic carbocycles. The van der Waals surface area contributed by atoms with E-state index in [0.717, 1.165) is 0 Å². The van der Waals surface area contributed by atoms with Crippen LogP contribution in [0.2, 0.25) is 0 Å². The van der Waals surface area contributed by atoms with E-state index in [2.05, 4.69) is 15.3 Å². The zero-order valence-corrected chi connectivity index (χ0v) is 14.3. The maximum absolute atomic E-state index is 11.2. The fraction of sp³-hybridized carbons (Fsp3) is 0. The number of hydrogen-bond acceptors (Lipinski definition) is 8. The van der Waals surface area contributed by atoms with Gasteiger partial charge in [-0.15, -0.1) is 15.3 Å². The molecule has 0 aliphatic heterocycles. The third kappa shape index (κ3) is 2.50. The third-order valence-corrected chi connectivity index (χ3v) is 4.83. The van der Waals surface area contributed by atoms with Crippen LogP contribution in [0.3, 0.4) is 0 Å². The van der Waals surface area contributed by atoms with Crippen LogP contribution in [0.15, 0.2) is 63.6 Å². The Morgan fingerprint density at radius 1 is 1.00 bits per heavy atom. The summed E-state index contributed by atoms with van der Waals surface area (Å²) in [6.07, 6.45) is 1.55. The van der Waals surface area contributed by atoms with E-state index in [1.807, 2.05) is 0 Å². The number of nitrogens with zero attached hydrogens (tertiary/aromatic N) is 5. The summed E-state index contributed by atoms with van der Waals surface area (Å²) in [7, 11) is 0. The van der Waals surface area contributed by atoms with Crippen molar-refractivity contribution in [2.75, 3.05) is 0 Å². The fourth-order valence-corrected chi connectivity index (χ4v) is 3.52. The summed E-state index contributed by atoms with van der Waals surface area (Å²) < 4.78 is 12.8. The Morgan fingerprint density at radius 3 is 2.67 bits per heavy atom. The molecule has 0 bridgehead atoms. The van der Waals surface area contributed by atoms with Crippen molar-refractivity contribution in [3.63, 3.8) is 0 Å². The van der Waals surface area contributed by atoms with Crippen molar-refractivity contribution in [1.29, 1.82) is 0 Å². The minimum atomic E-state index is -0.434. The van der Waals surface area contributed by atoms with Crippen LogP contribution >= 0.6 is 11.3 Å². The summed E-state index contributed by atoms with van der Waals surface area (Å²) in [6, 6.07) is 13.4. The van der Waals surface area contributed by atoms with E-state index < -0.39 is 4.92 Å². The standard InChI is InChI=1S/C17H9N5O4S/c23-22(24)11-5-2-1-4-10(11)12-7-8-14(26-12)16-20-21-15(13-6-3-9-25-13)18-19-17(21)27-16/h1-9H. The number of nitro groups is 1. The van der Waals surface area contributed by atoms with Gasteiger partial charge in [-0.3, -0.25) is 10.1 Å². The maximum Gasteiger partial charge on any atom is 0.280 e. The Morgan fingerprint density at radius 2 is 1.85 bits per heavy atom. The summed E-state index contributed by atoms with van der Waals surface area (Å²) in [5, 5.41) is 24.5. The predicted molar refractivity (Wildman–Crippen MR) is 96.2 cm³/mol. The van der Waals surface area contributed by atoms with Gasteiger partial charge in [-0.25, -0.2) is 0 Å². The number of hydrogen-bond donors (Lipinski definition) is 0. The highest BCUT2D eigenvalue weighted by Gasteiger charge is 2.20. The molecule has 4 aromatic heterocycles. The van der Waals surface area contributed by atoms with E-state index in [1.165, 1.54) is 17.4 Å². The molecule has 5 rings (SSSR count). The zero-order chi connectivity index (χ0) is 18.4. The summed E-state index contributed by atoms with van der Waals surface area (Å²) in [5.74, 6) is 1.93. The second-order valence-corrected chi connectivity index (χ2v) is 6.50. The highest BCUT2D eigenvalue weighted by atomic mass is 32.1. The second kappa shape index (κ2) is 5.88. The van der Waals surface area contributed by atoms with Gasteiger partial charge in [0.1, 0.15) is 5.76 Å². The van der Waals surface area contributed by atoms with Gasteiger partial charge in [-0.1, -0.05) is 23.5 Å². The molecule has 0 atom stereocenters. The average molecular weight is 379 g/mol. The molecule has 9 nitrogen and oxygen atoms in total. The van der Waals surface area contributed by atoms with Gasteiger partial charge in [-0.05, 0) is 30.3 Å². The summed E-state index contributed by atoms with van der Waals surface area (Å²) in [5.41, 5.74) is 0.393. The van der Waals surface area contributed by atoms with Crippen LogP contribution in [0.4, 0.5) is 5.69 Å². The van der Waals surface area contributed by atoms with Gasteiger partial charge in [0.05, 0.1) is 16.7 Å². The Kier molecular flexibility index (Phi) is 3.37. The first-order valence-electron chi connectivity index (χ1n) is 7.81. The molecule has 0 saturated heterocycles. The van der Waals surface area contributed by atoms with Crippen molar-refractivity contribution >= 4 is 22.0 Å². The van der Waals surface area contributed by atoms with E-state index >= 15 is 0 Å². The lowest BCUT2D eigenvalue weighted by atomic mass is 10.1. The summed E-state index contributed by atoms with van der Waals surface area (Å²) >= 11 is 1.30. The predicted octanol–water partition coefficient (Wildman–Crippen LogP) is 4.28. The SMILES string of the molecule is O=[N+]([O-])c1ccccc1-c1ccc(-c2nn3c(-c4ccco4)nnc3s2)o1. The average Bonchev–Trinajstić information content (AvgIpc) is 3.43. The van der Waals surface area contributed by atoms with E-state index in [9.17, 15) is 10.1 Å². The Hall–Kier alpha value is -3.79. The quantitative estimate of drug-likeness (QED) is 0.338. The molecule has 132 valence electrons. The van der Waals surface area contributed by atoms with Crippen LogP contribution in [0.1, 0.15) is 0 Å². The smallest absolute Gasteiger partial charge is 0.280 e. The van der Waals surface area contributed by atoms with Gasteiger partial charge in [0.25, 0.3) is 5.69 Å². The highest BCUT2D eigenvalue weighted by Crippen LogP contribution is 2.35. The summed E-state index contributed by atoms with van der Waals surface area (Å²) in [4.78, 5) is 11.4. The van der Waals surface area contributed by atoms with Crippen molar-refractivity contribution < 1.29 is 13.8 Å². The van der Waals surface area contributed by atoms with Crippen molar-refractivity contribution in [3.8, 4) is 33.7 Å². The van der Waals surface area contributed by atoms with Gasteiger partial charge in [-0.2, -0.15) is 4.52 Å². The number of para-hydroxylation sites is 1. The van der Waals surface area contributed by atoms with Crippen LogP contribution in [-0.2, 0) is 0 Å².